The molecule has 2 amide bonds. The highest BCUT2D eigenvalue weighted by Crippen LogP contribution is 2.41. The zero-order valence-electron chi connectivity index (χ0n) is 14.0. The van der Waals surface area contributed by atoms with Gasteiger partial charge in [-0.05, 0) is 43.4 Å². The van der Waals surface area contributed by atoms with Crippen LogP contribution in [-0.4, -0.2) is 36.9 Å². The Morgan fingerprint density at radius 3 is 2.58 bits per heavy atom. The van der Waals surface area contributed by atoms with Gasteiger partial charge in [-0.1, -0.05) is 18.5 Å². The van der Waals surface area contributed by atoms with Crippen LogP contribution in [0.1, 0.15) is 26.2 Å². The van der Waals surface area contributed by atoms with Gasteiger partial charge in [-0.2, -0.15) is 0 Å². The second kappa shape index (κ2) is 7.01. The predicted octanol–water partition coefficient (Wildman–Crippen LogP) is 3.18. The maximum absolute atomic E-state index is 12.5. The van der Waals surface area contributed by atoms with Crippen LogP contribution in [0.3, 0.4) is 0 Å². The van der Waals surface area contributed by atoms with Gasteiger partial charge in [0.15, 0.2) is 0 Å². The minimum absolute atomic E-state index is 0.111. The molecule has 1 aromatic carbocycles. The van der Waals surface area contributed by atoms with E-state index < -0.39 is 0 Å². The highest BCUT2D eigenvalue weighted by atomic mass is 35.5. The number of carbonyl (C=O) groups is 2. The largest absolute Gasteiger partial charge is 0.495 e. The Morgan fingerprint density at radius 1 is 1.25 bits per heavy atom. The molecule has 0 bridgehead atoms. The third-order valence-electron chi connectivity index (χ3n) is 4.96. The van der Waals surface area contributed by atoms with E-state index in [-0.39, 0.29) is 23.7 Å². The number of nitrogens with zero attached hydrogens (tertiary/aromatic N) is 1. The third kappa shape index (κ3) is 3.66. The summed E-state index contributed by atoms with van der Waals surface area (Å²) in [5, 5.41) is 3.29. The number of halogens is 1. The lowest BCUT2D eigenvalue weighted by Crippen LogP contribution is -2.39. The van der Waals surface area contributed by atoms with Gasteiger partial charge in [0.25, 0.3) is 0 Å². The molecule has 1 aliphatic carbocycles. The van der Waals surface area contributed by atoms with Gasteiger partial charge in [0.2, 0.25) is 11.8 Å². The Balaban J connectivity index is 1.54. The van der Waals surface area contributed by atoms with Crippen molar-refractivity contribution in [1.82, 2.24) is 4.90 Å². The average molecular weight is 351 g/mol. The van der Waals surface area contributed by atoms with Crippen LogP contribution in [0, 0.1) is 17.8 Å². The van der Waals surface area contributed by atoms with E-state index in [0.717, 1.165) is 25.9 Å². The number of anilines is 1. The van der Waals surface area contributed by atoms with Crippen molar-refractivity contribution >= 4 is 29.1 Å². The van der Waals surface area contributed by atoms with E-state index in [1.807, 2.05) is 4.90 Å². The van der Waals surface area contributed by atoms with Crippen LogP contribution >= 0.6 is 11.6 Å². The SMILES string of the molecule is COc1ccc(NC(=O)C2CC2C(=O)N2CCC(C)CC2)cc1Cl. The third-order valence-corrected chi connectivity index (χ3v) is 5.25. The second-order valence-electron chi connectivity index (χ2n) is 6.80. The monoisotopic (exact) mass is 350 g/mol. The van der Waals surface area contributed by atoms with Crippen molar-refractivity contribution in [3.8, 4) is 5.75 Å². The molecule has 0 spiro atoms. The molecule has 24 heavy (non-hydrogen) atoms. The van der Waals surface area contributed by atoms with Crippen molar-refractivity contribution < 1.29 is 14.3 Å². The minimum Gasteiger partial charge on any atom is -0.495 e. The summed E-state index contributed by atoms with van der Waals surface area (Å²) in [4.78, 5) is 26.7. The van der Waals surface area contributed by atoms with Gasteiger partial charge in [-0.15, -0.1) is 0 Å². The number of benzene rings is 1. The Morgan fingerprint density at radius 2 is 1.96 bits per heavy atom. The summed E-state index contributed by atoms with van der Waals surface area (Å²) < 4.78 is 5.09. The normalized spacial score (nSPS) is 23.7. The fourth-order valence-corrected chi connectivity index (χ4v) is 3.46. The Labute approximate surface area is 147 Å². The molecule has 0 radical (unpaired) electrons. The minimum atomic E-state index is -0.224. The van der Waals surface area contributed by atoms with Crippen LogP contribution in [0.2, 0.25) is 5.02 Å². The van der Waals surface area contributed by atoms with Gasteiger partial charge >= 0.3 is 0 Å². The molecule has 2 atom stereocenters. The van der Waals surface area contributed by atoms with E-state index >= 15 is 0 Å². The number of piperidine rings is 1. The van der Waals surface area contributed by atoms with Gasteiger partial charge in [-0.25, -0.2) is 0 Å². The maximum atomic E-state index is 12.5. The molecule has 1 N–H and O–H groups in total. The van der Waals surface area contributed by atoms with Crippen LogP contribution in [0.5, 0.6) is 5.75 Å². The molecular weight excluding hydrogens is 328 g/mol. The highest BCUT2D eigenvalue weighted by molar-refractivity contribution is 6.32. The number of hydrogen-bond acceptors (Lipinski definition) is 3. The zero-order valence-corrected chi connectivity index (χ0v) is 14.8. The summed E-state index contributed by atoms with van der Waals surface area (Å²) in [6.07, 6.45) is 2.75. The van der Waals surface area contributed by atoms with E-state index in [2.05, 4.69) is 12.2 Å². The summed E-state index contributed by atoms with van der Waals surface area (Å²) in [7, 11) is 1.54. The first-order valence-corrected chi connectivity index (χ1v) is 8.80. The number of methoxy groups -OCH3 is 1. The number of ether oxygens (including phenoxy) is 1. The van der Waals surface area contributed by atoms with Crippen LogP contribution in [0.25, 0.3) is 0 Å². The molecular formula is C18H23ClN2O3. The molecule has 130 valence electrons. The van der Waals surface area contributed by atoms with Gasteiger partial charge < -0.3 is 15.0 Å². The lowest BCUT2D eigenvalue weighted by molar-refractivity contribution is -0.135. The fraction of sp³-hybridized carbons (Fsp3) is 0.556. The molecule has 1 saturated heterocycles. The molecule has 2 unspecified atom stereocenters. The summed E-state index contributed by atoms with van der Waals surface area (Å²) in [6.45, 7) is 3.85. The Hall–Kier alpha value is -1.75. The molecule has 2 fully saturated rings. The fourth-order valence-electron chi connectivity index (χ4n) is 3.20. The standard InChI is InChI=1S/C18H23ClN2O3/c1-11-5-7-21(8-6-11)18(23)14-10-13(14)17(22)20-12-3-4-16(24-2)15(19)9-12/h3-4,9,11,13-14H,5-8,10H2,1-2H3,(H,20,22). The highest BCUT2D eigenvalue weighted by Gasteiger charge is 2.49. The summed E-state index contributed by atoms with van der Waals surface area (Å²) in [6, 6.07) is 5.11. The zero-order chi connectivity index (χ0) is 17.3. The van der Waals surface area contributed by atoms with Crippen LogP contribution in [0.15, 0.2) is 18.2 Å². The van der Waals surface area contributed by atoms with Crippen LogP contribution in [0.4, 0.5) is 5.69 Å². The number of likely N-dealkylation sites (tertiary alicyclic amines) is 1. The molecule has 0 aromatic heterocycles. The molecule has 6 heteroatoms. The van der Waals surface area contributed by atoms with Crippen molar-refractivity contribution in [3.63, 3.8) is 0 Å². The van der Waals surface area contributed by atoms with Crippen molar-refractivity contribution in [3.05, 3.63) is 23.2 Å². The number of carbonyl (C=O) groups excluding carboxylic acids is 2. The van der Waals surface area contributed by atoms with Gasteiger partial charge in [0.1, 0.15) is 5.75 Å². The molecule has 1 heterocycles. The Kier molecular flexibility index (Phi) is 4.99. The van der Waals surface area contributed by atoms with Crippen LogP contribution in [-0.2, 0) is 9.59 Å². The van der Waals surface area contributed by atoms with Gasteiger partial charge in [0.05, 0.1) is 24.0 Å². The van der Waals surface area contributed by atoms with Crippen LogP contribution < -0.4 is 10.1 Å². The summed E-state index contributed by atoms with van der Waals surface area (Å²) in [5.74, 6) is 0.889. The van der Waals surface area contributed by atoms with Gasteiger partial charge in [0, 0.05) is 18.8 Å². The first-order valence-electron chi connectivity index (χ1n) is 8.42. The number of rotatable bonds is 4. The first kappa shape index (κ1) is 17.1. The molecule has 5 nitrogen and oxygen atoms in total. The molecule has 2 aliphatic rings. The first-order chi connectivity index (χ1) is 11.5. The lowest BCUT2D eigenvalue weighted by atomic mass is 9.99. The predicted molar refractivity (Wildman–Crippen MR) is 93.2 cm³/mol. The summed E-state index contributed by atoms with van der Waals surface area (Å²) >= 11 is 6.06. The second-order valence-corrected chi connectivity index (χ2v) is 7.20. The van der Waals surface area contributed by atoms with E-state index in [1.54, 1.807) is 25.3 Å². The van der Waals surface area contributed by atoms with Crippen molar-refractivity contribution in [2.24, 2.45) is 17.8 Å². The summed E-state index contributed by atoms with van der Waals surface area (Å²) in [5.41, 5.74) is 0.621. The Bertz CT molecular complexity index is 641. The number of hydrogen-bond donors (Lipinski definition) is 1. The van der Waals surface area contributed by atoms with E-state index in [9.17, 15) is 9.59 Å². The lowest BCUT2D eigenvalue weighted by Gasteiger charge is -2.30. The molecule has 3 rings (SSSR count). The van der Waals surface area contributed by atoms with Gasteiger partial charge in [-0.3, -0.25) is 9.59 Å². The molecule has 1 aliphatic heterocycles. The topological polar surface area (TPSA) is 58.6 Å². The molecule has 1 saturated carbocycles. The van der Waals surface area contributed by atoms with E-state index in [1.165, 1.54) is 0 Å². The maximum Gasteiger partial charge on any atom is 0.228 e. The van der Waals surface area contributed by atoms with E-state index in [0.29, 0.717) is 28.8 Å². The van der Waals surface area contributed by atoms with E-state index in [4.69, 9.17) is 16.3 Å². The van der Waals surface area contributed by atoms with Crippen molar-refractivity contribution in [1.29, 1.82) is 0 Å². The number of amides is 2. The average Bonchev–Trinajstić information content (AvgIpc) is 3.36. The number of nitrogens with one attached hydrogen (secondary N) is 1. The smallest absolute Gasteiger partial charge is 0.228 e. The molecule has 1 aromatic rings. The van der Waals surface area contributed by atoms with Crippen molar-refractivity contribution in [2.45, 2.75) is 26.2 Å². The van der Waals surface area contributed by atoms with Crippen molar-refractivity contribution in [2.75, 3.05) is 25.5 Å². The quantitative estimate of drug-likeness (QED) is 0.907.